The summed E-state index contributed by atoms with van der Waals surface area (Å²) in [4.78, 5) is 4.39. The van der Waals surface area contributed by atoms with Crippen molar-refractivity contribution in [1.82, 2.24) is 4.98 Å². The second kappa shape index (κ2) is 5.88. The van der Waals surface area contributed by atoms with E-state index in [2.05, 4.69) is 36.2 Å². The van der Waals surface area contributed by atoms with Crippen LogP contribution in [-0.2, 0) is 6.42 Å². The molecule has 0 spiro atoms. The molecule has 0 unspecified atom stereocenters. The van der Waals surface area contributed by atoms with Crippen LogP contribution in [0.2, 0.25) is 0 Å². The molecule has 0 amide bonds. The molecule has 2 heteroatoms. The van der Waals surface area contributed by atoms with Gasteiger partial charge in [-0.05, 0) is 35.7 Å². The van der Waals surface area contributed by atoms with E-state index in [9.17, 15) is 4.39 Å². The van der Waals surface area contributed by atoms with Crippen molar-refractivity contribution >= 4 is 0 Å². The molecule has 3 rings (SSSR count). The molecule has 21 heavy (non-hydrogen) atoms. The minimum atomic E-state index is -0.248. The van der Waals surface area contributed by atoms with E-state index in [0.717, 1.165) is 17.5 Å². The number of rotatable bonds is 3. The average molecular weight is 277 g/mol. The second-order valence-electron chi connectivity index (χ2n) is 4.93. The van der Waals surface area contributed by atoms with Crippen LogP contribution >= 0.6 is 0 Å². The van der Waals surface area contributed by atoms with Gasteiger partial charge in [0.25, 0.3) is 0 Å². The number of aryl methyl sites for hydroxylation is 1. The van der Waals surface area contributed by atoms with Gasteiger partial charge in [0.05, 0.1) is 5.69 Å². The van der Waals surface area contributed by atoms with Crippen molar-refractivity contribution in [2.75, 3.05) is 0 Å². The smallest absolute Gasteiger partial charge is 0.132 e. The molecule has 0 aliphatic heterocycles. The molecule has 104 valence electrons. The first kappa shape index (κ1) is 13.5. The Kier molecular flexibility index (Phi) is 3.78. The largest absolute Gasteiger partial charge is 0.255 e. The van der Waals surface area contributed by atoms with Crippen LogP contribution in [0.5, 0.6) is 0 Å². The molecule has 0 radical (unpaired) electrons. The molecule has 0 saturated heterocycles. The molecule has 0 N–H and O–H groups in total. The molecule has 0 atom stereocenters. The maximum atomic E-state index is 14.0. The highest BCUT2D eigenvalue weighted by molar-refractivity contribution is 5.80. The van der Waals surface area contributed by atoms with E-state index in [-0.39, 0.29) is 5.82 Å². The summed E-state index contributed by atoms with van der Waals surface area (Å²) in [7, 11) is 0. The molecule has 0 fully saturated rings. The Labute approximate surface area is 124 Å². The van der Waals surface area contributed by atoms with Crippen LogP contribution in [0, 0.1) is 5.82 Å². The fourth-order valence-corrected chi connectivity index (χ4v) is 2.43. The van der Waals surface area contributed by atoms with Gasteiger partial charge in [-0.15, -0.1) is 0 Å². The van der Waals surface area contributed by atoms with E-state index in [1.165, 1.54) is 11.6 Å². The molecule has 1 aromatic heterocycles. The lowest BCUT2D eigenvalue weighted by Crippen LogP contribution is -1.92. The van der Waals surface area contributed by atoms with E-state index in [1.807, 2.05) is 18.2 Å². The quantitative estimate of drug-likeness (QED) is 0.647. The van der Waals surface area contributed by atoms with Crippen molar-refractivity contribution in [2.45, 2.75) is 13.3 Å². The third kappa shape index (κ3) is 2.70. The minimum absolute atomic E-state index is 0.248. The van der Waals surface area contributed by atoms with Crippen LogP contribution in [0.4, 0.5) is 4.39 Å². The standard InChI is InChI=1S/C19H16FN/c1-2-14-9-11-15(12-10-14)16-7-5-13-21-19(16)17-6-3-4-8-18(17)20/h3-13H,2H2,1H3. The van der Waals surface area contributed by atoms with Crippen molar-refractivity contribution < 1.29 is 4.39 Å². The van der Waals surface area contributed by atoms with Crippen LogP contribution in [-0.4, -0.2) is 4.98 Å². The normalized spacial score (nSPS) is 10.6. The van der Waals surface area contributed by atoms with E-state index >= 15 is 0 Å². The van der Waals surface area contributed by atoms with Gasteiger partial charge in [-0.25, -0.2) is 4.39 Å². The van der Waals surface area contributed by atoms with Crippen molar-refractivity contribution in [2.24, 2.45) is 0 Å². The summed E-state index contributed by atoms with van der Waals surface area (Å²) in [5, 5.41) is 0. The highest BCUT2D eigenvalue weighted by Gasteiger charge is 2.11. The molecule has 0 bridgehead atoms. The van der Waals surface area contributed by atoms with Crippen molar-refractivity contribution in [3.05, 3.63) is 78.2 Å². The van der Waals surface area contributed by atoms with E-state index in [0.29, 0.717) is 11.3 Å². The Balaban J connectivity index is 2.13. The monoisotopic (exact) mass is 277 g/mol. The zero-order valence-electron chi connectivity index (χ0n) is 11.9. The van der Waals surface area contributed by atoms with Crippen molar-refractivity contribution in [1.29, 1.82) is 0 Å². The summed E-state index contributed by atoms with van der Waals surface area (Å²) in [6, 6.07) is 19.0. The predicted molar refractivity (Wildman–Crippen MR) is 84.4 cm³/mol. The summed E-state index contributed by atoms with van der Waals surface area (Å²) >= 11 is 0. The SMILES string of the molecule is CCc1ccc(-c2cccnc2-c2ccccc2F)cc1. The second-order valence-corrected chi connectivity index (χ2v) is 4.93. The van der Waals surface area contributed by atoms with Crippen molar-refractivity contribution in [3.8, 4) is 22.4 Å². The molecule has 0 aliphatic carbocycles. The molecule has 1 nitrogen and oxygen atoms in total. The summed E-state index contributed by atoms with van der Waals surface area (Å²) in [6.07, 6.45) is 2.71. The lowest BCUT2D eigenvalue weighted by atomic mass is 9.98. The van der Waals surface area contributed by atoms with E-state index in [4.69, 9.17) is 0 Å². The lowest BCUT2D eigenvalue weighted by molar-refractivity contribution is 0.631. The summed E-state index contributed by atoms with van der Waals surface area (Å²) in [5.74, 6) is -0.248. The van der Waals surface area contributed by atoms with Gasteiger partial charge < -0.3 is 0 Å². The first-order valence-corrected chi connectivity index (χ1v) is 7.09. The minimum Gasteiger partial charge on any atom is -0.255 e. The summed E-state index contributed by atoms with van der Waals surface area (Å²) in [5.41, 5.74) is 4.51. The lowest BCUT2D eigenvalue weighted by Gasteiger charge is -2.10. The Morgan fingerprint density at radius 1 is 0.857 bits per heavy atom. The molecule has 0 saturated carbocycles. The molecular weight excluding hydrogens is 261 g/mol. The first-order chi connectivity index (χ1) is 10.3. The third-order valence-electron chi connectivity index (χ3n) is 3.61. The van der Waals surface area contributed by atoms with E-state index in [1.54, 1.807) is 18.3 Å². The molecular formula is C19H16FN. The van der Waals surface area contributed by atoms with Crippen molar-refractivity contribution in [3.63, 3.8) is 0 Å². The predicted octanol–water partition coefficient (Wildman–Crippen LogP) is 5.12. The highest BCUT2D eigenvalue weighted by atomic mass is 19.1. The maximum Gasteiger partial charge on any atom is 0.132 e. The van der Waals surface area contributed by atoms with Gasteiger partial charge >= 0.3 is 0 Å². The van der Waals surface area contributed by atoms with Gasteiger partial charge in [0.15, 0.2) is 0 Å². The number of nitrogens with zero attached hydrogens (tertiary/aromatic N) is 1. The van der Waals surface area contributed by atoms with Gasteiger partial charge in [0, 0.05) is 17.3 Å². The van der Waals surface area contributed by atoms with Crippen LogP contribution in [0.15, 0.2) is 66.9 Å². The molecule has 1 heterocycles. The molecule has 0 aliphatic rings. The molecule has 3 aromatic rings. The van der Waals surface area contributed by atoms with Gasteiger partial charge in [0.1, 0.15) is 5.82 Å². The topological polar surface area (TPSA) is 12.9 Å². The fraction of sp³-hybridized carbons (Fsp3) is 0.105. The van der Waals surface area contributed by atoms with Gasteiger partial charge in [-0.2, -0.15) is 0 Å². The number of halogens is 1. The highest BCUT2D eigenvalue weighted by Crippen LogP contribution is 2.31. The Morgan fingerprint density at radius 3 is 2.29 bits per heavy atom. The van der Waals surface area contributed by atoms with Crippen LogP contribution < -0.4 is 0 Å². The van der Waals surface area contributed by atoms with Gasteiger partial charge in [-0.3, -0.25) is 4.98 Å². The average Bonchev–Trinajstić information content (AvgIpc) is 2.55. The van der Waals surface area contributed by atoms with Gasteiger partial charge in [0.2, 0.25) is 0 Å². The Bertz CT molecular complexity index is 748. The number of benzene rings is 2. The fourth-order valence-electron chi connectivity index (χ4n) is 2.43. The van der Waals surface area contributed by atoms with Gasteiger partial charge in [-0.1, -0.05) is 49.4 Å². The van der Waals surface area contributed by atoms with E-state index < -0.39 is 0 Å². The zero-order chi connectivity index (χ0) is 14.7. The maximum absolute atomic E-state index is 14.0. The van der Waals surface area contributed by atoms with Crippen LogP contribution in [0.3, 0.4) is 0 Å². The molecule has 2 aromatic carbocycles. The number of pyridine rings is 1. The van der Waals surface area contributed by atoms with Crippen LogP contribution in [0.25, 0.3) is 22.4 Å². The zero-order valence-corrected chi connectivity index (χ0v) is 11.9. The summed E-state index contributed by atoms with van der Waals surface area (Å²) < 4.78 is 14.0. The third-order valence-corrected chi connectivity index (χ3v) is 3.61. The first-order valence-electron chi connectivity index (χ1n) is 7.09. The van der Waals surface area contributed by atoms with Crippen LogP contribution in [0.1, 0.15) is 12.5 Å². The number of hydrogen-bond acceptors (Lipinski definition) is 1. The Hall–Kier alpha value is -2.48. The summed E-state index contributed by atoms with van der Waals surface area (Å²) in [6.45, 7) is 2.13. The number of aromatic nitrogens is 1. The Morgan fingerprint density at radius 2 is 1.57 bits per heavy atom. The number of hydrogen-bond donors (Lipinski definition) is 0.